The van der Waals surface area contributed by atoms with Crippen molar-refractivity contribution in [3.8, 4) is 0 Å². The highest BCUT2D eigenvalue weighted by atomic mass is 16.6. The molecule has 0 aliphatic heterocycles. The highest BCUT2D eigenvalue weighted by molar-refractivity contribution is 5.69. The van der Waals surface area contributed by atoms with Crippen LogP contribution in [0.3, 0.4) is 0 Å². The number of esters is 2. The molecular weight excluding hydrogens is 246 g/mol. The van der Waals surface area contributed by atoms with Gasteiger partial charge in [0, 0.05) is 19.0 Å². The maximum absolute atomic E-state index is 11.3. The van der Waals surface area contributed by atoms with Crippen molar-refractivity contribution in [2.75, 3.05) is 18.9 Å². The van der Waals surface area contributed by atoms with Crippen LogP contribution in [0.4, 0.5) is 5.69 Å². The van der Waals surface area contributed by atoms with E-state index < -0.39 is 0 Å². The summed E-state index contributed by atoms with van der Waals surface area (Å²) in [5, 5.41) is 0. The Morgan fingerprint density at radius 2 is 1.74 bits per heavy atom. The fourth-order valence-corrected chi connectivity index (χ4v) is 1.53. The summed E-state index contributed by atoms with van der Waals surface area (Å²) in [6, 6.07) is 7.57. The van der Waals surface area contributed by atoms with E-state index >= 15 is 0 Å². The van der Waals surface area contributed by atoms with Crippen LogP contribution < -0.4 is 5.73 Å². The lowest BCUT2D eigenvalue weighted by Crippen LogP contribution is -2.12. The minimum atomic E-state index is -0.376. The quantitative estimate of drug-likeness (QED) is 0.461. The monoisotopic (exact) mass is 265 g/mol. The van der Waals surface area contributed by atoms with Gasteiger partial charge in [0.2, 0.25) is 0 Å². The van der Waals surface area contributed by atoms with E-state index in [0.717, 1.165) is 24.1 Å². The first-order valence-corrected chi connectivity index (χ1v) is 6.21. The van der Waals surface area contributed by atoms with Gasteiger partial charge in [-0.25, -0.2) is 0 Å². The summed E-state index contributed by atoms with van der Waals surface area (Å²) in [6.45, 7) is 1.54. The molecule has 0 heterocycles. The molecule has 1 aromatic carbocycles. The Hall–Kier alpha value is -2.04. The molecule has 0 saturated carbocycles. The molecule has 2 N–H and O–H groups in total. The van der Waals surface area contributed by atoms with Gasteiger partial charge in [-0.1, -0.05) is 12.1 Å². The highest BCUT2D eigenvalue weighted by Crippen LogP contribution is 2.09. The molecule has 0 radical (unpaired) electrons. The largest absolute Gasteiger partial charge is 0.462 e. The molecule has 5 nitrogen and oxygen atoms in total. The molecule has 0 saturated heterocycles. The molecule has 0 fully saturated rings. The van der Waals surface area contributed by atoms with E-state index in [1.165, 1.54) is 6.92 Å². The molecule has 0 aliphatic carbocycles. The lowest BCUT2D eigenvalue weighted by atomic mass is 10.1. The average Bonchev–Trinajstić information content (AvgIpc) is 2.37. The number of aryl methyl sites for hydroxylation is 1. The van der Waals surface area contributed by atoms with Crippen molar-refractivity contribution in [3.63, 3.8) is 0 Å². The van der Waals surface area contributed by atoms with Crippen molar-refractivity contribution in [2.24, 2.45) is 0 Å². The number of nitrogen functional groups attached to an aromatic ring is 1. The predicted molar refractivity (Wildman–Crippen MR) is 71.4 cm³/mol. The summed E-state index contributed by atoms with van der Waals surface area (Å²) in [5.41, 5.74) is 7.45. The molecule has 0 amide bonds. The summed E-state index contributed by atoms with van der Waals surface area (Å²) in [4.78, 5) is 21.8. The Morgan fingerprint density at radius 1 is 1.11 bits per heavy atom. The summed E-state index contributed by atoms with van der Waals surface area (Å²) in [7, 11) is 0. The zero-order chi connectivity index (χ0) is 14.1. The third-order valence-corrected chi connectivity index (χ3v) is 2.48. The minimum Gasteiger partial charge on any atom is -0.462 e. The Labute approximate surface area is 112 Å². The first-order chi connectivity index (χ1) is 9.08. The molecule has 0 spiro atoms. The van der Waals surface area contributed by atoms with Gasteiger partial charge in [0.05, 0.1) is 0 Å². The third kappa shape index (κ3) is 7.08. The molecule has 0 unspecified atom stereocenters. The Morgan fingerprint density at radius 3 is 2.37 bits per heavy atom. The number of benzene rings is 1. The maximum Gasteiger partial charge on any atom is 0.305 e. The number of anilines is 1. The molecule has 0 aliphatic rings. The first kappa shape index (κ1) is 15.0. The molecule has 0 aromatic heterocycles. The molecule has 1 rings (SSSR count). The van der Waals surface area contributed by atoms with E-state index in [0.29, 0.717) is 6.42 Å². The zero-order valence-corrected chi connectivity index (χ0v) is 11.1. The van der Waals surface area contributed by atoms with Crippen LogP contribution in [-0.2, 0) is 25.5 Å². The number of hydrogen-bond acceptors (Lipinski definition) is 5. The Balaban J connectivity index is 2.10. The van der Waals surface area contributed by atoms with Crippen LogP contribution in [-0.4, -0.2) is 25.2 Å². The van der Waals surface area contributed by atoms with Crippen molar-refractivity contribution < 1.29 is 19.1 Å². The van der Waals surface area contributed by atoms with Crippen molar-refractivity contribution in [1.29, 1.82) is 0 Å². The molecule has 104 valence electrons. The molecule has 0 atom stereocenters. The number of carbonyl (C=O) groups excluding carboxylic acids is 2. The lowest BCUT2D eigenvalue weighted by molar-refractivity contribution is -0.151. The normalized spacial score (nSPS) is 9.95. The van der Waals surface area contributed by atoms with Crippen molar-refractivity contribution >= 4 is 17.6 Å². The van der Waals surface area contributed by atoms with Gasteiger partial charge in [0.1, 0.15) is 13.2 Å². The van der Waals surface area contributed by atoms with Crippen LogP contribution >= 0.6 is 0 Å². The van der Waals surface area contributed by atoms with Gasteiger partial charge >= 0.3 is 11.9 Å². The first-order valence-electron chi connectivity index (χ1n) is 6.21. The van der Waals surface area contributed by atoms with Gasteiger partial charge < -0.3 is 15.2 Å². The van der Waals surface area contributed by atoms with E-state index in [2.05, 4.69) is 4.74 Å². The van der Waals surface area contributed by atoms with Crippen LogP contribution in [0, 0.1) is 0 Å². The maximum atomic E-state index is 11.3. The number of nitrogens with two attached hydrogens (primary N) is 1. The van der Waals surface area contributed by atoms with E-state index in [-0.39, 0.29) is 25.2 Å². The Bertz CT molecular complexity index is 414. The fourth-order valence-electron chi connectivity index (χ4n) is 1.53. The van der Waals surface area contributed by atoms with Crippen molar-refractivity contribution in [2.45, 2.75) is 26.2 Å². The molecule has 1 aromatic rings. The molecule has 0 bridgehead atoms. The Kier molecular flexibility index (Phi) is 6.43. The zero-order valence-electron chi connectivity index (χ0n) is 11.1. The second-order valence-electron chi connectivity index (χ2n) is 4.16. The predicted octanol–water partition coefficient (Wildman–Crippen LogP) is 1.70. The SMILES string of the molecule is CC(=O)OCCOC(=O)CCCc1ccc(N)cc1. The number of hydrogen-bond donors (Lipinski definition) is 1. The molecule has 19 heavy (non-hydrogen) atoms. The molecule has 5 heteroatoms. The lowest BCUT2D eigenvalue weighted by Gasteiger charge is -2.05. The second kappa shape index (κ2) is 8.13. The number of ether oxygens (including phenoxy) is 2. The van der Waals surface area contributed by atoms with Gasteiger partial charge in [-0.3, -0.25) is 9.59 Å². The summed E-state index contributed by atoms with van der Waals surface area (Å²) >= 11 is 0. The molecular formula is C14H19NO4. The van der Waals surface area contributed by atoms with Gasteiger partial charge in [-0.15, -0.1) is 0 Å². The number of rotatable bonds is 7. The van der Waals surface area contributed by atoms with E-state index in [1.807, 2.05) is 24.3 Å². The fraction of sp³-hybridized carbons (Fsp3) is 0.429. The van der Waals surface area contributed by atoms with Crippen molar-refractivity contribution in [1.82, 2.24) is 0 Å². The topological polar surface area (TPSA) is 78.6 Å². The van der Waals surface area contributed by atoms with Crippen LogP contribution in [0.5, 0.6) is 0 Å². The van der Waals surface area contributed by atoms with Gasteiger partial charge in [0.15, 0.2) is 0 Å². The van der Waals surface area contributed by atoms with Gasteiger partial charge in [-0.05, 0) is 30.5 Å². The van der Waals surface area contributed by atoms with Gasteiger partial charge in [-0.2, -0.15) is 0 Å². The second-order valence-corrected chi connectivity index (χ2v) is 4.16. The van der Waals surface area contributed by atoms with Gasteiger partial charge in [0.25, 0.3) is 0 Å². The van der Waals surface area contributed by atoms with Crippen LogP contribution in [0.2, 0.25) is 0 Å². The highest BCUT2D eigenvalue weighted by Gasteiger charge is 2.03. The van der Waals surface area contributed by atoms with Crippen LogP contribution in [0.15, 0.2) is 24.3 Å². The summed E-state index contributed by atoms with van der Waals surface area (Å²) in [6.07, 6.45) is 1.88. The smallest absolute Gasteiger partial charge is 0.305 e. The van der Waals surface area contributed by atoms with Crippen molar-refractivity contribution in [3.05, 3.63) is 29.8 Å². The summed E-state index contributed by atoms with van der Waals surface area (Å²) < 4.78 is 9.56. The van der Waals surface area contributed by atoms with E-state index in [9.17, 15) is 9.59 Å². The van der Waals surface area contributed by atoms with Crippen LogP contribution in [0.25, 0.3) is 0 Å². The standard InChI is InChI=1S/C14H19NO4/c1-11(16)18-9-10-19-14(17)4-2-3-12-5-7-13(15)8-6-12/h5-8H,2-4,9-10,15H2,1H3. The minimum absolute atomic E-state index is 0.110. The average molecular weight is 265 g/mol. The van der Waals surface area contributed by atoms with E-state index in [1.54, 1.807) is 0 Å². The van der Waals surface area contributed by atoms with Crippen LogP contribution in [0.1, 0.15) is 25.3 Å². The summed E-state index contributed by atoms with van der Waals surface area (Å²) in [5.74, 6) is -0.651. The third-order valence-electron chi connectivity index (χ3n) is 2.48. The van der Waals surface area contributed by atoms with E-state index in [4.69, 9.17) is 10.5 Å². The number of carbonyl (C=O) groups is 2.